The maximum atomic E-state index is 12.1. The average Bonchev–Trinajstić information content (AvgIpc) is 2.22. The van der Waals surface area contributed by atoms with Crippen LogP contribution >= 0.6 is 0 Å². The van der Waals surface area contributed by atoms with Crippen LogP contribution in [0.3, 0.4) is 0 Å². The summed E-state index contributed by atoms with van der Waals surface area (Å²) in [6, 6.07) is 0. The summed E-state index contributed by atoms with van der Waals surface area (Å²) in [6.07, 6.45) is 0. The van der Waals surface area contributed by atoms with Crippen molar-refractivity contribution in [2.75, 3.05) is 32.1 Å². The van der Waals surface area contributed by atoms with Crippen LogP contribution in [-0.4, -0.2) is 56.2 Å². The molecule has 7 heteroatoms. The summed E-state index contributed by atoms with van der Waals surface area (Å²) in [5, 5.41) is 2.67. The fourth-order valence-electron chi connectivity index (χ4n) is 1.79. The predicted molar refractivity (Wildman–Crippen MR) is 64.1 cm³/mol. The zero-order chi connectivity index (χ0) is 13.1. The Hall–Kier alpha value is -0.660. The first-order chi connectivity index (χ1) is 7.82. The Bertz CT molecular complexity index is 378. The first kappa shape index (κ1) is 14.4. The van der Waals surface area contributed by atoms with E-state index in [2.05, 4.69) is 5.32 Å². The zero-order valence-electron chi connectivity index (χ0n) is 10.5. The molecule has 0 spiro atoms. The van der Waals surface area contributed by atoms with Gasteiger partial charge in [-0.15, -0.1) is 0 Å². The van der Waals surface area contributed by atoms with Gasteiger partial charge in [-0.3, -0.25) is 4.79 Å². The molecule has 6 nitrogen and oxygen atoms in total. The first-order valence-corrected chi connectivity index (χ1v) is 7.30. The smallest absolute Gasteiger partial charge is 0.241 e. The summed E-state index contributed by atoms with van der Waals surface area (Å²) in [7, 11) is -3.45. The number of piperazine rings is 1. The van der Waals surface area contributed by atoms with Gasteiger partial charge in [-0.05, 0) is 20.8 Å². The lowest BCUT2D eigenvalue weighted by Gasteiger charge is -2.39. The predicted octanol–water partition coefficient (Wildman–Crippen LogP) is -0.437. The average molecular weight is 264 g/mol. The molecule has 0 saturated carbocycles. The Kier molecular flexibility index (Phi) is 4.51. The molecule has 0 bridgehead atoms. The van der Waals surface area contributed by atoms with E-state index in [4.69, 9.17) is 4.74 Å². The van der Waals surface area contributed by atoms with E-state index in [0.29, 0.717) is 19.7 Å². The molecule has 1 N–H and O–H groups in total. The third kappa shape index (κ3) is 3.17. The van der Waals surface area contributed by atoms with E-state index < -0.39 is 15.6 Å². The van der Waals surface area contributed by atoms with Gasteiger partial charge < -0.3 is 10.1 Å². The molecule has 1 saturated heterocycles. The number of sulfonamides is 1. The maximum Gasteiger partial charge on any atom is 0.241 e. The van der Waals surface area contributed by atoms with Crippen molar-refractivity contribution in [2.24, 2.45) is 0 Å². The lowest BCUT2D eigenvalue weighted by atomic mass is 10.0. The highest BCUT2D eigenvalue weighted by Crippen LogP contribution is 2.21. The molecule has 1 aliphatic heterocycles. The summed E-state index contributed by atoms with van der Waals surface area (Å²) >= 11 is 0. The summed E-state index contributed by atoms with van der Waals surface area (Å²) in [5.41, 5.74) is -1.02. The number of hydrogen-bond donors (Lipinski definition) is 1. The number of carbonyl (C=O) groups excluding carboxylic acids is 1. The van der Waals surface area contributed by atoms with Crippen molar-refractivity contribution >= 4 is 15.9 Å². The molecule has 0 aromatic carbocycles. The minimum Gasteiger partial charge on any atom is -0.381 e. The second-order valence-electron chi connectivity index (χ2n) is 4.40. The van der Waals surface area contributed by atoms with Gasteiger partial charge in [0, 0.05) is 19.7 Å². The van der Waals surface area contributed by atoms with Crippen LogP contribution in [0.15, 0.2) is 0 Å². The van der Waals surface area contributed by atoms with Gasteiger partial charge in [0.25, 0.3) is 0 Å². The lowest BCUT2D eigenvalue weighted by Crippen LogP contribution is -2.63. The van der Waals surface area contributed by atoms with Gasteiger partial charge in [0.05, 0.1) is 12.4 Å². The number of nitrogens with one attached hydrogen (secondary N) is 1. The third-order valence-corrected chi connectivity index (χ3v) is 4.80. The van der Waals surface area contributed by atoms with Crippen molar-refractivity contribution in [3.05, 3.63) is 0 Å². The Balaban J connectivity index is 2.79. The maximum absolute atomic E-state index is 12.1. The SMILES string of the molecule is CCOCCS(=O)(=O)N1CCNC(=O)C1(C)C. The fourth-order valence-corrected chi connectivity index (χ4v) is 3.48. The highest BCUT2D eigenvalue weighted by molar-refractivity contribution is 7.89. The van der Waals surface area contributed by atoms with Crippen LogP contribution in [0, 0.1) is 0 Å². The highest BCUT2D eigenvalue weighted by Gasteiger charge is 2.43. The van der Waals surface area contributed by atoms with E-state index in [1.807, 2.05) is 6.92 Å². The Morgan fingerprint density at radius 3 is 2.71 bits per heavy atom. The van der Waals surface area contributed by atoms with E-state index in [0.717, 1.165) is 0 Å². The number of hydrogen-bond acceptors (Lipinski definition) is 4. The van der Waals surface area contributed by atoms with Gasteiger partial charge in [0.1, 0.15) is 5.54 Å². The Morgan fingerprint density at radius 2 is 2.12 bits per heavy atom. The summed E-state index contributed by atoms with van der Waals surface area (Å²) in [5.74, 6) is -0.346. The topological polar surface area (TPSA) is 75.7 Å². The Morgan fingerprint density at radius 1 is 1.47 bits per heavy atom. The van der Waals surface area contributed by atoms with Gasteiger partial charge in [-0.2, -0.15) is 4.31 Å². The monoisotopic (exact) mass is 264 g/mol. The van der Waals surface area contributed by atoms with Crippen LogP contribution in [0.2, 0.25) is 0 Å². The molecule has 1 fully saturated rings. The highest BCUT2D eigenvalue weighted by atomic mass is 32.2. The number of rotatable bonds is 5. The fraction of sp³-hybridized carbons (Fsp3) is 0.900. The van der Waals surface area contributed by atoms with Crippen molar-refractivity contribution in [1.82, 2.24) is 9.62 Å². The standard InChI is InChI=1S/C10H20N2O4S/c1-4-16-7-8-17(14,15)12-6-5-11-9(13)10(12,2)3/h4-8H2,1-3H3,(H,11,13). The molecule has 0 aromatic rings. The molecule has 100 valence electrons. The van der Waals surface area contributed by atoms with Gasteiger partial charge >= 0.3 is 0 Å². The van der Waals surface area contributed by atoms with Crippen LogP contribution < -0.4 is 5.32 Å². The van der Waals surface area contributed by atoms with Crippen LogP contribution in [0.5, 0.6) is 0 Å². The molecular formula is C10H20N2O4S. The quantitative estimate of drug-likeness (QED) is 0.683. The zero-order valence-corrected chi connectivity index (χ0v) is 11.3. The number of carbonyl (C=O) groups is 1. The van der Waals surface area contributed by atoms with Crippen molar-refractivity contribution in [3.63, 3.8) is 0 Å². The molecule has 1 aliphatic rings. The van der Waals surface area contributed by atoms with Crippen molar-refractivity contribution in [3.8, 4) is 0 Å². The van der Waals surface area contributed by atoms with E-state index in [-0.39, 0.29) is 18.3 Å². The molecule has 1 rings (SSSR count). The Labute approximate surface area is 102 Å². The summed E-state index contributed by atoms with van der Waals surface area (Å²) in [4.78, 5) is 11.7. The van der Waals surface area contributed by atoms with Crippen LogP contribution in [0.1, 0.15) is 20.8 Å². The summed E-state index contributed by atoms with van der Waals surface area (Å²) < 4.78 is 30.5. The van der Waals surface area contributed by atoms with E-state index in [1.165, 1.54) is 4.31 Å². The van der Waals surface area contributed by atoms with Gasteiger partial charge in [-0.25, -0.2) is 8.42 Å². The molecule has 0 aromatic heterocycles. The van der Waals surface area contributed by atoms with E-state index in [9.17, 15) is 13.2 Å². The van der Waals surface area contributed by atoms with E-state index >= 15 is 0 Å². The molecule has 0 radical (unpaired) electrons. The molecule has 1 amide bonds. The molecule has 0 unspecified atom stereocenters. The number of nitrogens with zero attached hydrogens (tertiary/aromatic N) is 1. The van der Waals surface area contributed by atoms with Crippen LogP contribution in [0.4, 0.5) is 0 Å². The minimum atomic E-state index is -3.45. The second-order valence-corrected chi connectivity index (χ2v) is 6.41. The third-order valence-electron chi connectivity index (χ3n) is 2.81. The van der Waals surface area contributed by atoms with Gasteiger partial charge in [-0.1, -0.05) is 0 Å². The molecular weight excluding hydrogens is 244 g/mol. The van der Waals surface area contributed by atoms with Crippen molar-refractivity contribution in [2.45, 2.75) is 26.3 Å². The largest absolute Gasteiger partial charge is 0.381 e. The minimum absolute atomic E-state index is 0.0858. The summed E-state index contributed by atoms with van der Waals surface area (Å²) in [6.45, 7) is 6.35. The second kappa shape index (κ2) is 5.32. The number of amides is 1. The molecule has 1 heterocycles. The van der Waals surface area contributed by atoms with Crippen LogP contribution in [0.25, 0.3) is 0 Å². The normalized spacial score (nSPS) is 21.2. The lowest BCUT2D eigenvalue weighted by molar-refractivity contribution is -0.131. The molecule has 17 heavy (non-hydrogen) atoms. The molecule has 0 aliphatic carbocycles. The molecule has 0 atom stereocenters. The number of ether oxygens (including phenoxy) is 1. The van der Waals surface area contributed by atoms with E-state index in [1.54, 1.807) is 13.8 Å². The van der Waals surface area contributed by atoms with Crippen molar-refractivity contribution in [1.29, 1.82) is 0 Å². The van der Waals surface area contributed by atoms with Crippen LogP contribution in [-0.2, 0) is 19.6 Å². The van der Waals surface area contributed by atoms with Crippen molar-refractivity contribution < 1.29 is 17.9 Å². The first-order valence-electron chi connectivity index (χ1n) is 5.69. The van der Waals surface area contributed by atoms with Gasteiger partial charge in [0.15, 0.2) is 0 Å². The van der Waals surface area contributed by atoms with Gasteiger partial charge in [0.2, 0.25) is 15.9 Å².